The van der Waals surface area contributed by atoms with E-state index in [0.717, 1.165) is 22.3 Å². The molecule has 2 amide bonds. The van der Waals surface area contributed by atoms with E-state index in [1.165, 1.54) is 4.90 Å². The normalized spacial score (nSPS) is 18.9. The molecule has 0 spiro atoms. The lowest BCUT2D eigenvalue weighted by atomic mass is 9.98. The van der Waals surface area contributed by atoms with Gasteiger partial charge in [0.25, 0.3) is 5.91 Å². The van der Waals surface area contributed by atoms with Gasteiger partial charge in [0.15, 0.2) is 6.10 Å². The summed E-state index contributed by atoms with van der Waals surface area (Å²) in [6.07, 6.45) is -1.11. The second kappa shape index (κ2) is 10.0. The minimum absolute atomic E-state index is 0.0491. The first kappa shape index (κ1) is 22.8. The largest absolute Gasteiger partial charge is 0.481 e. The molecular formula is C25H28N2O6. The number of carboxylic acids is 1. The average molecular weight is 453 g/mol. The molecule has 0 saturated carbocycles. The number of fused-ring (bicyclic) bond motifs is 3. The summed E-state index contributed by atoms with van der Waals surface area (Å²) < 4.78 is 11.2. The first-order valence-electron chi connectivity index (χ1n) is 11.2. The number of nitrogens with zero attached hydrogens (tertiary/aromatic N) is 1. The van der Waals surface area contributed by atoms with E-state index in [1.54, 1.807) is 6.92 Å². The molecule has 4 rings (SSSR count). The summed E-state index contributed by atoms with van der Waals surface area (Å²) in [5.41, 5.74) is 4.55. The van der Waals surface area contributed by atoms with Crippen LogP contribution in [0.25, 0.3) is 11.1 Å². The molecule has 2 N–H and O–H groups in total. The van der Waals surface area contributed by atoms with Crippen molar-refractivity contribution in [2.45, 2.75) is 37.8 Å². The Kier molecular flexibility index (Phi) is 6.93. The molecular weight excluding hydrogens is 424 g/mol. The Hall–Kier alpha value is -3.39. The van der Waals surface area contributed by atoms with E-state index in [9.17, 15) is 14.4 Å². The van der Waals surface area contributed by atoms with Crippen molar-refractivity contribution in [2.24, 2.45) is 0 Å². The SMILES string of the molecule is CCN(CCC(=O)O)C(=O)[C@@H]1OCC[C@@H]1NC(=O)OCC1c2ccccc2-c2ccccc21. The fourth-order valence-corrected chi connectivity index (χ4v) is 4.61. The first-order valence-corrected chi connectivity index (χ1v) is 11.2. The van der Waals surface area contributed by atoms with Gasteiger partial charge < -0.3 is 24.8 Å². The highest BCUT2D eigenvalue weighted by atomic mass is 16.6. The van der Waals surface area contributed by atoms with Gasteiger partial charge in [-0.15, -0.1) is 0 Å². The minimum Gasteiger partial charge on any atom is -0.481 e. The van der Waals surface area contributed by atoms with Gasteiger partial charge >= 0.3 is 12.1 Å². The van der Waals surface area contributed by atoms with Crippen LogP contribution >= 0.6 is 0 Å². The molecule has 2 aliphatic rings. The van der Waals surface area contributed by atoms with Crippen LogP contribution in [0.2, 0.25) is 0 Å². The lowest BCUT2D eigenvalue weighted by Crippen LogP contribution is -2.50. The van der Waals surface area contributed by atoms with Crippen molar-refractivity contribution < 1.29 is 29.0 Å². The molecule has 33 heavy (non-hydrogen) atoms. The Labute approximate surface area is 192 Å². The summed E-state index contributed by atoms with van der Waals surface area (Å²) in [4.78, 5) is 37.8. The van der Waals surface area contributed by atoms with E-state index in [4.69, 9.17) is 14.6 Å². The zero-order valence-corrected chi connectivity index (χ0v) is 18.5. The number of hydrogen-bond acceptors (Lipinski definition) is 5. The van der Waals surface area contributed by atoms with E-state index in [0.29, 0.717) is 19.6 Å². The average Bonchev–Trinajstić information content (AvgIpc) is 3.40. The van der Waals surface area contributed by atoms with Crippen LogP contribution in [0.15, 0.2) is 48.5 Å². The van der Waals surface area contributed by atoms with E-state index in [1.807, 2.05) is 24.3 Å². The summed E-state index contributed by atoms with van der Waals surface area (Å²) in [6.45, 7) is 2.77. The number of carboxylic acid groups (broad SMARTS) is 1. The quantitative estimate of drug-likeness (QED) is 0.638. The van der Waals surface area contributed by atoms with Crippen LogP contribution in [0.5, 0.6) is 0 Å². The molecule has 1 saturated heterocycles. The molecule has 8 heteroatoms. The zero-order chi connectivity index (χ0) is 23.4. The van der Waals surface area contributed by atoms with Crippen LogP contribution in [-0.4, -0.2) is 66.4 Å². The molecule has 1 fully saturated rings. The lowest BCUT2D eigenvalue weighted by Gasteiger charge is -2.26. The standard InChI is InChI=1S/C25H28N2O6/c1-2-27(13-11-22(28)29)24(30)23-21(12-14-32-23)26-25(31)33-15-20-18-9-5-3-7-16(18)17-8-4-6-10-19(17)20/h3-10,20-21,23H,2,11-15H2,1H3,(H,26,31)(H,28,29)/t21-,23+/m0/s1. The number of aliphatic carboxylic acids is 1. The summed E-state index contributed by atoms with van der Waals surface area (Å²) in [5.74, 6) is -1.34. The van der Waals surface area contributed by atoms with Crippen molar-refractivity contribution in [1.82, 2.24) is 10.2 Å². The Balaban J connectivity index is 1.37. The number of benzene rings is 2. The fourth-order valence-electron chi connectivity index (χ4n) is 4.61. The van der Waals surface area contributed by atoms with Gasteiger partial charge in [-0.1, -0.05) is 48.5 Å². The van der Waals surface area contributed by atoms with Crippen molar-refractivity contribution in [2.75, 3.05) is 26.3 Å². The number of rotatable bonds is 8. The van der Waals surface area contributed by atoms with Gasteiger partial charge in [-0.25, -0.2) is 4.79 Å². The van der Waals surface area contributed by atoms with E-state index in [-0.39, 0.29) is 31.4 Å². The number of likely N-dealkylation sites (N-methyl/N-ethyl adjacent to an activating group) is 1. The Morgan fingerprint density at radius 1 is 1.09 bits per heavy atom. The highest BCUT2D eigenvalue weighted by Gasteiger charge is 2.38. The highest BCUT2D eigenvalue weighted by molar-refractivity contribution is 5.83. The van der Waals surface area contributed by atoms with E-state index >= 15 is 0 Å². The Morgan fingerprint density at radius 3 is 2.33 bits per heavy atom. The van der Waals surface area contributed by atoms with E-state index < -0.39 is 24.2 Å². The third-order valence-electron chi connectivity index (χ3n) is 6.27. The molecule has 2 atom stereocenters. The van der Waals surface area contributed by atoms with Gasteiger partial charge in [0.1, 0.15) is 6.61 Å². The third-order valence-corrected chi connectivity index (χ3v) is 6.27. The van der Waals surface area contributed by atoms with Gasteiger partial charge in [0.2, 0.25) is 0 Å². The van der Waals surface area contributed by atoms with Gasteiger partial charge in [0, 0.05) is 25.6 Å². The molecule has 0 aromatic heterocycles. The van der Waals surface area contributed by atoms with Crippen molar-refractivity contribution in [1.29, 1.82) is 0 Å². The summed E-state index contributed by atoms with van der Waals surface area (Å²) in [7, 11) is 0. The van der Waals surface area contributed by atoms with Crippen molar-refractivity contribution in [3.63, 3.8) is 0 Å². The van der Waals surface area contributed by atoms with Gasteiger partial charge in [-0.3, -0.25) is 9.59 Å². The minimum atomic E-state index is -0.970. The van der Waals surface area contributed by atoms with Crippen LogP contribution in [0.3, 0.4) is 0 Å². The topological polar surface area (TPSA) is 105 Å². The lowest BCUT2D eigenvalue weighted by molar-refractivity contribution is -0.143. The monoisotopic (exact) mass is 452 g/mol. The molecule has 0 bridgehead atoms. The number of amides is 2. The Morgan fingerprint density at radius 2 is 1.73 bits per heavy atom. The predicted octanol–water partition coefficient (Wildman–Crippen LogP) is 3.01. The number of alkyl carbamates (subject to hydrolysis) is 1. The second-order valence-corrected chi connectivity index (χ2v) is 8.22. The molecule has 1 heterocycles. The van der Waals surface area contributed by atoms with Crippen molar-refractivity contribution in [3.05, 3.63) is 59.7 Å². The van der Waals surface area contributed by atoms with Gasteiger partial charge in [-0.2, -0.15) is 0 Å². The third kappa shape index (κ3) is 4.85. The van der Waals surface area contributed by atoms with E-state index in [2.05, 4.69) is 29.6 Å². The van der Waals surface area contributed by atoms with Crippen LogP contribution in [0, 0.1) is 0 Å². The van der Waals surface area contributed by atoms with Gasteiger partial charge in [0.05, 0.1) is 12.5 Å². The smallest absolute Gasteiger partial charge is 0.407 e. The zero-order valence-electron chi connectivity index (χ0n) is 18.5. The number of nitrogens with one attached hydrogen (secondary N) is 1. The van der Waals surface area contributed by atoms with Crippen LogP contribution in [0.1, 0.15) is 36.8 Å². The van der Waals surface area contributed by atoms with Crippen LogP contribution in [0.4, 0.5) is 4.79 Å². The summed E-state index contributed by atoms with van der Waals surface area (Å²) in [6, 6.07) is 15.7. The molecule has 2 aromatic rings. The first-order chi connectivity index (χ1) is 16.0. The summed E-state index contributed by atoms with van der Waals surface area (Å²) in [5, 5.41) is 11.7. The molecule has 174 valence electrons. The molecule has 2 aromatic carbocycles. The van der Waals surface area contributed by atoms with Crippen molar-refractivity contribution >= 4 is 18.0 Å². The van der Waals surface area contributed by atoms with Gasteiger partial charge in [-0.05, 0) is 35.6 Å². The second-order valence-electron chi connectivity index (χ2n) is 8.22. The fraction of sp³-hybridized carbons (Fsp3) is 0.400. The van der Waals surface area contributed by atoms with Crippen molar-refractivity contribution in [3.8, 4) is 11.1 Å². The molecule has 1 aliphatic carbocycles. The Bertz CT molecular complexity index is 994. The highest BCUT2D eigenvalue weighted by Crippen LogP contribution is 2.44. The van der Waals surface area contributed by atoms with Crippen LogP contribution in [-0.2, 0) is 19.1 Å². The number of carbonyl (C=O) groups is 3. The van der Waals surface area contributed by atoms with Crippen LogP contribution < -0.4 is 5.32 Å². The maximum atomic E-state index is 12.8. The predicted molar refractivity (Wildman–Crippen MR) is 121 cm³/mol. The number of carbonyl (C=O) groups excluding carboxylic acids is 2. The maximum absolute atomic E-state index is 12.8. The molecule has 0 radical (unpaired) electrons. The number of hydrogen-bond donors (Lipinski definition) is 2. The summed E-state index contributed by atoms with van der Waals surface area (Å²) >= 11 is 0. The number of ether oxygens (including phenoxy) is 2. The molecule has 1 aliphatic heterocycles. The maximum Gasteiger partial charge on any atom is 0.407 e. The molecule has 0 unspecified atom stereocenters. The molecule has 8 nitrogen and oxygen atoms in total.